The van der Waals surface area contributed by atoms with Gasteiger partial charge in [0.05, 0.1) is 30.8 Å². The number of carbonyl (C=O) groups excluding carboxylic acids is 9. The number of amides is 8. The third-order valence-corrected chi connectivity index (χ3v) is 15.3. The summed E-state index contributed by atoms with van der Waals surface area (Å²) in [6.45, 7) is 5.26. The molecule has 0 fully saturated rings. The standard InChI is InChI=1S/C65H79N11O11S2/c1-38(2)68-34-44-21-19-43(20-22-44)30-50(55(79)35-69-51(31-40-13-7-5-8-14-40)60(82)73-54(37-89)63(85)74-56(39(3)77)57(67)80)70-64(86)58(76(4)65(87)47-26-25-45-17-11-12-18-46(45)33-47)75-61(83)52(32-41-15-9-6-10-16-41)71-62(84)53(36-88)72-59(81)49(66)29-42-23-27-48(78)28-24-42/h5-28,33,38-39,49-54,56,58,68-69,77-78,88-89H,29-32,34-37,66H2,1-4H3,(H2,67,80)(H,70,86)(H,71,84)(H,72,81)(H,73,82)(H,74,85)(H,75,83)/t39-,49-,50+,51+,52+,53+,54+,56+,58-/m1/s1. The fraction of sp³-hybridized carbons (Fsp3) is 0.338. The number of nitrogens with zero attached hydrogens (tertiary/aromatic N) is 1. The predicted octanol–water partition coefficient (Wildman–Crippen LogP) is 1.53. The van der Waals surface area contributed by atoms with E-state index < -0.39 is 114 Å². The Bertz CT molecular complexity index is 3380. The molecule has 6 aromatic rings. The molecule has 472 valence electrons. The summed E-state index contributed by atoms with van der Waals surface area (Å²) in [6, 6.07) is 33.9. The van der Waals surface area contributed by atoms with Crippen molar-refractivity contribution in [3.8, 4) is 5.75 Å². The molecule has 0 heterocycles. The van der Waals surface area contributed by atoms with Crippen LogP contribution in [0.15, 0.2) is 152 Å². The molecule has 8 amide bonds. The van der Waals surface area contributed by atoms with Gasteiger partial charge < -0.3 is 63.8 Å². The maximum Gasteiger partial charge on any atom is 0.264 e. The Balaban J connectivity index is 1.33. The summed E-state index contributed by atoms with van der Waals surface area (Å²) in [4.78, 5) is 128. The van der Waals surface area contributed by atoms with Crippen molar-refractivity contribution < 1.29 is 53.4 Å². The van der Waals surface area contributed by atoms with E-state index in [4.69, 9.17) is 11.5 Å². The van der Waals surface area contributed by atoms with E-state index in [0.717, 1.165) is 15.8 Å². The number of ketones is 1. The summed E-state index contributed by atoms with van der Waals surface area (Å²) in [5, 5.41) is 43.5. The summed E-state index contributed by atoms with van der Waals surface area (Å²) in [5.41, 5.74) is 15.2. The Labute approximate surface area is 528 Å². The van der Waals surface area contributed by atoms with Crippen molar-refractivity contribution in [2.24, 2.45) is 11.5 Å². The van der Waals surface area contributed by atoms with Crippen LogP contribution in [0.25, 0.3) is 10.8 Å². The predicted molar refractivity (Wildman–Crippen MR) is 345 cm³/mol. The van der Waals surface area contributed by atoms with E-state index >= 15 is 9.59 Å². The van der Waals surface area contributed by atoms with Crippen LogP contribution in [0.4, 0.5) is 0 Å². The second-order valence-corrected chi connectivity index (χ2v) is 22.7. The first-order valence-corrected chi connectivity index (χ1v) is 30.3. The number of benzene rings is 6. The molecule has 0 aliphatic rings. The van der Waals surface area contributed by atoms with E-state index in [-0.39, 0.29) is 54.5 Å². The van der Waals surface area contributed by atoms with E-state index in [9.17, 15) is 43.8 Å². The highest BCUT2D eigenvalue weighted by molar-refractivity contribution is 7.80. The Kier molecular flexibility index (Phi) is 26.7. The molecule has 0 bridgehead atoms. The van der Waals surface area contributed by atoms with Crippen LogP contribution < -0.4 is 54.0 Å². The lowest BCUT2D eigenvalue weighted by Crippen LogP contribution is -2.63. The van der Waals surface area contributed by atoms with Crippen LogP contribution in [0.3, 0.4) is 0 Å². The molecule has 14 N–H and O–H groups in total. The molecule has 24 heteroatoms. The number of carbonyl (C=O) groups is 9. The largest absolute Gasteiger partial charge is 0.508 e. The van der Waals surface area contributed by atoms with Crippen molar-refractivity contribution >= 4 is 89.1 Å². The molecule has 22 nitrogen and oxygen atoms in total. The molecule has 89 heavy (non-hydrogen) atoms. The summed E-state index contributed by atoms with van der Waals surface area (Å²) >= 11 is 8.61. The second-order valence-electron chi connectivity index (χ2n) is 21.9. The highest BCUT2D eigenvalue weighted by atomic mass is 32.1. The second kappa shape index (κ2) is 34.2. The van der Waals surface area contributed by atoms with Crippen molar-refractivity contribution in [2.45, 2.75) is 114 Å². The number of aliphatic hydroxyl groups is 1. The topological polar surface area (TPSA) is 346 Å². The Hall–Kier alpha value is -8.65. The van der Waals surface area contributed by atoms with Crippen LogP contribution in [0.2, 0.25) is 0 Å². The quantitative estimate of drug-likeness (QED) is 0.0205. The normalized spacial score (nSPS) is 14.3. The van der Waals surface area contributed by atoms with Gasteiger partial charge in [0, 0.05) is 43.1 Å². The van der Waals surface area contributed by atoms with Crippen molar-refractivity contribution in [1.29, 1.82) is 0 Å². The number of aliphatic hydroxyl groups excluding tert-OH is 1. The molecule has 0 aliphatic carbocycles. The minimum absolute atomic E-state index is 0.00646. The fourth-order valence-corrected chi connectivity index (χ4v) is 9.96. The van der Waals surface area contributed by atoms with Crippen LogP contribution in [0.5, 0.6) is 5.75 Å². The molecular formula is C65H79N11O11S2. The molecular weight excluding hydrogens is 1170 g/mol. The molecule has 6 rings (SSSR count). The summed E-state index contributed by atoms with van der Waals surface area (Å²) < 4.78 is 0. The zero-order chi connectivity index (χ0) is 64.7. The van der Waals surface area contributed by atoms with Crippen LogP contribution in [-0.4, -0.2) is 154 Å². The first kappa shape index (κ1) is 69.5. The van der Waals surface area contributed by atoms with Crippen molar-refractivity contribution in [2.75, 3.05) is 25.1 Å². The minimum Gasteiger partial charge on any atom is -0.508 e. The van der Waals surface area contributed by atoms with Gasteiger partial charge in [0.25, 0.3) is 11.8 Å². The number of nitrogens with one attached hydrogen (secondary N) is 8. The first-order valence-electron chi connectivity index (χ1n) is 29.0. The lowest BCUT2D eigenvalue weighted by molar-refractivity contribution is -0.136. The summed E-state index contributed by atoms with van der Waals surface area (Å²) in [5.74, 6) is -7.93. The Morgan fingerprint density at radius 2 is 0.955 bits per heavy atom. The highest BCUT2D eigenvalue weighted by Crippen LogP contribution is 2.19. The van der Waals surface area contributed by atoms with Gasteiger partial charge in [-0.15, -0.1) is 0 Å². The first-order chi connectivity index (χ1) is 42.5. The number of nitrogens with two attached hydrogens (primary N) is 2. The number of hydrogen-bond acceptors (Lipinski definition) is 16. The highest BCUT2D eigenvalue weighted by Gasteiger charge is 2.37. The van der Waals surface area contributed by atoms with Crippen molar-refractivity contribution in [3.05, 3.63) is 185 Å². The maximum atomic E-state index is 15.3. The number of primary amides is 1. The molecule has 6 aromatic carbocycles. The number of likely N-dealkylation sites (N-methyl/N-ethyl adjacent to an activating group) is 1. The number of phenolic OH excluding ortho intramolecular Hbond substituents is 1. The van der Waals surface area contributed by atoms with Gasteiger partial charge in [-0.1, -0.05) is 141 Å². The SMILES string of the molecule is CC(C)NCc1ccc(C[C@H](NC(=O)[C@H](NC(=O)[C@H](Cc2ccccc2)NC(=O)[C@H](CS)NC(=O)[C@H](N)Cc2ccc(O)cc2)N(C)C(=O)c2ccc3ccccc3c2)C(=O)CN[C@@H](Cc2ccccc2)C(=O)N[C@@H](CS)C(=O)N[C@H](C(N)=O)[C@@H](C)O)cc1. The number of aromatic hydroxyl groups is 1. The van der Waals surface area contributed by atoms with Gasteiger partial charge in [-0.3, -0.25) is 48.5 Å². The van der Waals surface area contributed by atoms with E-state index in [2.05, 4.69) is 67.8 Å². The smallest absolute Gasteiger partial charge is 0.264 e. The van der Waals surface area contributed by atoms with Crippen LogP contribution >= 0.6 is 25.3 Å². The zero-order valence-electron chi connectivity index (χ0n) is 49.9. The van der Waals surface area contributed by atoms with Crippen LogP contribution in [0, 0.1) is 0 Å². The molecule has 0 radical (unpaired) electrons. The maximum absolute atomic E-state index is 15.3. The summed E-state index contributed by atoms with van der Waals surface area (Å²) in [7, 11) is 1.30. The zero-order valence-corrected chi connectivity index (χ0v) is 51.7. The Morgan fingerprint density at radius 3 is 1.53 bits per heavy atom. The van der Waals surface area contributed by atoms with E-state index in [1.807, 2.05) is 38.1 Å². The third kappa shape index (κ3) is 21.3. The van der Waals surface area contributed by atoms with Gasteiger partial charge >= 0.3 is 0 Å². The lowest BCUT2D eigenvalue weighted by Gasteiger charge is -2.32. The molecule has 0 aromatic heterocycles. The molecule has 0 saturated heterocycles. The molecule has 0 saturated carbocycles. The van der Waals surface area contributed by atoms with E-state index in [0.29, 0.717) is 34.2 Å². The summed E-state index contributed by atoms with van der Waals surface area (Å²) in [6.07, 6.45) is -3.47. The van der Waals surface area contributed by atoms with E-state index in [1.54, 1.807) is 115 Å². The van der Waals surface area contributed by atoms with Gasteiger partial charge in [0.2, 0.25) is 35.4 Å². The fourth-order valence-electron chi connectivity index (χ4n) is 9.45. The van der Waals surface area contributed by atoms with E-state index in [1.165, 1.54) is 26.1 Å². The van der Waals surface area contributed by atoms with Crippen molar-refractivity contribution in [3.63, 3.8) is 0 Å². The molecule has 0 spiro atoms. The van der Waals surface area contributed by atoms with Gasteiger partial charge in [0.1, 0.15) is 29.9 Å². The Morgan fingerprint density at radius 1 is 0.494 bits per heavy atom. The molecule has 0 unspecified atom stereocenters. The number of fused-ring (bicyclic) bond motifs is 1. The number of rotatable bonds is 33. The van der Waals surface area contributed by atoms with Crippen LogP contribution in [-0.2, 0) is 70.6 Å². The number of phenols is 1. The molecule has 0 aliphatic heterocycles. The average Bonchev–Trinajstić information content (AvgIpc) is 3.05. The molecule has 9 atom stereocenters. The van der Waals surface area contributed by atoms with Gasteiger partial charge in [-0.05, 0) is 89.0 Å². The minimum atomic E-state index is -1.88. The third-order valence-electron chi connectivity index (χ3n) is 14.6. The monoisotopic (exact) mass is 1250 g/mol. The van der Waals surface area contributed by atoms with Gasteiger partial charge in [-0.25, -0.2) is 0 Å². The van der Waals surface area contributed by atoms with Crippen LogP contribution in [0.1, 0.15) is 58.9 Å². The lowest BCUT2D eigenvalue weighted by atomic mass is 9.99. The number of Topliss-reactive ketones (excluding diaryl/α,β-unsaturated/α-hetero) is 1. The number of hydrogen-bond donors (Lipinski definition) is 14. The van der Waals surface area contributed by atoms with Crippen molar-refractivity contribution in [1.82, 2.24) is 47.4 Å². The average molecular weight is 1250 g/mol. The van der Waals surface area contributed by atoms with Gasteiger partial charge in [-0.2, -0.15) is 25.3 Å². The number of thiol groups is 2. The van der Waals surface area contributed by atoms with Gasteiger partial charge in [0.15, 0.2) is 11.9 Å².